The lowest BCUT2D eigenvalue weighted by Crippen LogP contribution is -2.42. The molecule has 1 heterocycles. The van der Waals surface area contributed by atoms with Gasteiger partial charge in [0.05, 0.1) is 17.9 Å². The van der Waals surface area contributed by atoms with Crippen LogP contribution in [0.25, 0.3) is 0 Å². The van der Waals surface area contributed by atoms with Crippen LogP contribution in [0.1, 0.15) is 5.56 Å². The average molecular weight is 319 g/mol. The quantitative estimate of drug-likeness (QED) is 0.788. The van der Waals surface area contributed by atoms with Gasteiger partial charge in [-0.05, 0) is 30.7 Å². The number of sulfonamides is 1. The van der Waals surface area contributed by atoms with Gasteiger partial charge in [-0.25, -0.2) is 12.8 Å². The van der Waals surface area contributed by atoms with Crippen molar-refractivity contribution in [2.45, 2.75) is 17.9 Å². The van der Waals surface area contributed by atoms with E-state index in [1.807, 2.05) is 0 Å². The Morgan fingerprint density at radius 2 is 2.20 bits per heavy atom. The molecule has 20 heavy (non-hydrogen) atoms. The molecule has 1 aliphatic heterocycles. The number of carbonyl (C=O) groups is 1. The Hall–Kier alpha value is -1.12. The molecule has 1 atom stereocenters. The monoisotopic (exact) mass is 319 g/mol. The van der Waals surface area contributed by atoms with Crippen molar-refractivity contribution in [2.75, 3.05) is 18.7 Å². The first-order valence-corrected chi connectivity index (χ1v) is 8.41. The number of rotatable bonds is 3. The second kappa shape index (κ2) is 5.71. The van der Waals surface area contributed by atoms with Crippen LogP contribution in [0.15, 0.2) is 23.1 Å². The lowest BCUT2D eigenvalue weighted by atomic mass is 10.2. The second-order valence-electron chi connectivity index (χ2n) is 4.34. The molecular weight excluding hydrogens is 305 g/mol. The number of hydrogen-bond donors (Lipinski definition) is 0. The minimum atomic E-state index is -3.85. The van der Waals surface area contributed by atoms with Crippen molar-refractivity contribution in [3.8, 4) is 0 Å². The van der Waals surface area contributed by atoms with Gasteiger partial charge in [0.25, 0.3) is 0 Å². The molecule has 0 saturated carbocycles. The van der Waals surface area contributed by atoms with Crippen LogP contribution >= 0.6 is 11.8 Å². The van der Waals surface area contributed by atoms with Gasteiger partial charge in [-0.3, -0.25) is 4.79 Å². The SMILES string of the molecule is COC(=O)[C@@H]1CSCN1S(=O)(=O)c1ccc(F)cc1C. The number of benzene rings is 1. The molecule has 1 aromatic rings. The molecule has 0 spiro atoms. The Morgan fingerprint density at radius 3 is 2.80 bits per heavy atom. The third kappa shape index (κ3) is 2.68. The summed E-state index contributed by atoms with van der Waals surface area (Å²) >= 11 is 1.34. The van der Waals surface area contributed by atoms with Gasteiger partial charge in [0.2, 0.25) is 10.0 Å². The maximum atomic E-state index is 13.1. The molecule has 8 heteroatoms. The molecule has 0 amide bonds. The Labute approximate surface area is 121 Å². The summed E-state index contributed by atoms with van der Waals surface area (Å²) in [6.45, 7) is 1.52. The highest BCUT2D eigenvalue weighted by Crippen LogP contribution is 2.30. The van der Waals surface area contributed by atoms with E-state index in [2.05, 4.69) is 4.74 Å². The second-order valence-corrected chi connectivity index (χ2v) is 7.20. The van der Waals surface area contributed by atoms with E-state index < -0.39 is 27.9 Å². The van der Waals surface area contributed by atoms with Crippen LogP contribution < -0.4 is 0 Å². The maximum absolute atomic E-state index is 13.1. The predicted octanol–water partition coefficient (Wildman–Crippen LogP) is 1.37. The van der Waals surface area contributed by atoms with Gasteiger partial charge in [0.1, 0.15) is 11.9 Å². The molecule has 1 aliphatic rings. The number of methoxy groups -OCH3 is 1. The van der Waals surface area contributed by atoms with Crippen LogP contribution in [0, 0.1) is 12.7 Å². The molecule has 110 valence electrons. The van der Waals surface area contributed by atoms with Gasteiger partial charge in [-0.15, -0.1) is 11.8 Å². The highest BCUT2D eigenvalue weighted by atomic mass is 32.2. The first kappa shape index (κ1) is 15.3. The Bertz CT molecular complexity index is 632. The number of thioether (sulfide) groups is 1. The van der Waals surface area contributed by atoms with E-state index in [1.165, 1.54) is 31.9 Å². The van der Waals surface area contributed by atoms with Gasteiger partial charge in [-0.2, -0.15) is 4.31 Å². The number of halogens is 1. The normalized spacial score (nSPS) is 20.1. The topological polar surface area (TPSA) is 63.7 Å². The number of hydrogen-bond acceptors (Lipinski definition) is 5. The van der Waals surface area contributed by atoms with Gasteiger partial charge in [-0.1, -0.05) is 0 Å². The molecule has 0 unspecified atom stereocenters. The Morgan fingerprint density at radius 1 is 1.50 bits per heavy atom. The fraction of sp³-hybridized carbons (Fsp3) is 0.417. The number of esters is 1. The van der Waals surface area contributed by atoms with E-state index in [0.717, 1.165) is 16.4 Å². The van der Waals surface area contributed by atoms with Crippen molar-refractivity contribution in [3.63, 3.8) is 0 Å². The van der Waals surface area contributed by atoms with Crippen LogP contribution in [0.4, 0.5) is 4.39 Å². The molecular formula is C12H14FNO4S2. The largest absolute Gasteiger partial charge is 0.468 e. The summed E-state index contributed by atoms with van der Waals surface area (Å²) in [6.07, 6.45) is 0. The lowest BCUT2D eigenvalue weighted by molar-refractivity contribution is -0.143. The molecule has 0 radical (unpaired) electrons. The smallest absolute Gasteiger partial charge is 0.325 e. The third-order valence-corrected chi connectivity index (χ3v) is 6.23. The highest BCUT2D eigenvalue weighted by molar-refractivity contribution is 8.00. The van der Waals surface area contributed by atoms with Crippen LogP contribution in [-0.4, -0.2) is 43.5 Å². The molecule has 1 aromatic carbocycles. The van der Waals surface area contributed by atoms with E-state index in [9.17, 15) is 17.6 Å². The zero-order valence-corrected chi connectivity index (χ0v) is 12.6. The summed E-state index contributed by atoms with van der Waals surface area (Å²) in [6, 6.07) is 2.64. The summed E-state index contributed by atoms with van der Waals surface area (Å²) in [5.41, 5.74) is 0.311. The highest BCUT2D eigenvalue weighted by Gasteiger charge is 2.41. The average Bonchev–Trinajstić information content (AvgIpc) is 2.87. The minimum absolute atomic E-state index is 0.00954. The maximum Gasteiger partial charge on any atom is 0.325 e. The lowest BCUT2D eigenvalue weighted by Gasteiger charge is -2.22. The van der Waals surface area contributed by atoms with E-state index in [-0.39, 0.29) is 10.8 Å². The van der Waals surface area contributed by atoms with Gasteiger partial charge in [0.15, 0.2) is 0 Å². The van der Waals surface area contributed by atoms with Gasteiger partial charge >= 0.3 is 5.97 Å². The molecule has 0 bridgehead atoms. The number of ether oxygens (including phenoxy) is 1. The van der Waals surface area contributed by atoms with E-state index in [4.69, 9.17) is 0 Å². The van der Waals surface area contributed by atoms with E-state index >= 15 is 0 Å². The number of aryl methyl sites for hydroxylation is 1. The van der Waals surface area contributed by atoms with Crippen molar-refractivity contribution >= 4 is 27.8 Å². The van der Waals surface area contributed by atoms with Crippen LogP contribution in [0.5, 0.6) is 0 Å². The molecule has 5 nitrogen and oxygen atoms in total. The molecule has 1 saturated heterocycles. The van der Waals surface area contributed by atoms with Crippen LogP contribution in [0.3, 0.4) is 0 Å². The molecule has 0 aromatic heterocycles. The summed E-state index contributed by atoms with van der Waals surface area (Å²) in [4.78, 5) is 11.6. The van der Waals surface area contributed by atoms with Crippen molar-refractivity contribution < 1.29 is 22.3 Å². The standard InChI is InChI=1S/C12H14FNO4S2/c1-8-5-9(13)3-4-11(8)20(16,17)14-7-19-6-10(14)12(15)18-2/h3-5,10H,6-7H2,1-2H3/t10-/m0/s1. The minimum Gasteiger partial charge on any atom is -0.468 e. The molecule has 0 aliphatic carbocycles. The van der Waals surface area contributed by atoms with Gasteiger partial charge < -0.3 is 4.74 Å². The zero-order chi connectivity index (χ0) is 14.9. The number of nitrogens with zero attached hydrogens (tertiary/aromatic N) is 1. The van der Waals surface area contributed by atoms with Crippen molar-refractivity contribution in [2.24, 2.45) is 0 Å². The summed E-state index contributed by atoms with van der Waals surface area (Å²) in [5.74, 6) is -0.550. The summed E-state index contributed by atoms with van der Waals surface area (Å²) in [5, 5.41) is 0. The van der Waals surface area contributed by atoms with E-state index in [1.54, 1.807) is 0 Å². The van der Waals surface area contributed by atoms with Crippen LogP contribution in [-0.2, 0) is 19.6 Å². The van der Waals surface area contributed by atoms with Crippen LogP contribution in [0.2, 0.25) is 0 Å². The number of carbonyl (C=O) groups excluding carboxylic acids is 1. The first-order valence-electron chi connectivity index (χ1n) is 5.81. The Kier molecular flexibility index (Phi) is 4.36. The summed E-state index contributed by atoms with van der Waals surface area (Å²) < 4.78 is 44.0. The summed E-state index contributed by atoms with van der Waals surface area (Å²) in [7, 11) is -2.62. The third-order valence-electron chi connectivity index (χ3n) is 3.04. The molecule has 0 N–H and O–H groups in total. The van der Waals surface area contributed by atoms with Gasteiger partial charge in [0, 0.05) is 5.75 Å². The van der Waals surface area contributed by atoms with Crippen molar-refractivity contribution in [1.82, 2.24) is 4.31 Å². The zero-order valence-electron chi connectivity index (χ0n) is 11.0. The first-order chi connectivity index (χ1) is 9.37. The fourth-order valence-corrected chi connectivity index (χ4v) is 5.35. The Balaban J connectivity index is 2.41. The van der Waals surface area contributed by atoms with Crippen molar-refractivity contribution in [1.29, 1.82) is 0 Å². The van der Waals surface area contributed by atoms with E-state index in [0.29, 0.717) is 11.3 Å². The molecule has 2 rings (SSSR count). The fourth-order valence-electron chi connectivity index (χ4n) is 2.01. The van der Waals surface area contributed by atoms with Crippen molar-refractivity contribution in [3.05, 3.63) is 29.6 Å². The molecule has 1 fully saturated rings. The predicted molar refractivity (Wildman–Crippen MR) is 73.3 cm³/mol.